The number of hydrogen-bond acceptors (Lipinski definition) is 3. The Bertz CT molecular complexity index is 682. The first kappa shape index (κ1) is 12.8. The fourth-order valence-electron chi connectivity index (χ4n) is 2.35. The van der Waals surface area contributed by atoms with Gasteiger partial charge in [0.05, 0.1) is 17.9 Å². The second-order valence-electron chi connectivity index (χ2n) is 5.02. The van der Waals surface area contributed by atoms with E-state index < -0.39 is 0 Å². The Labute approximate surface area is 118 Å². The number of benzene rings is 1. The zero-order chi connectivity index (χ0) is 13.8. The third kappa shape index (κ3) is 2.57. The first-order chi connectivity index (χ1) is 9.88. The van der Waals surface area contributed by atoms with Gasteiger partial charge in [-0.05, 0) is 12.5 Å². The summed E-state index contributed by atoms with van der Waals surface area (Å²) in [5, 5.41) is 13.9. The fourth-order valence-corrected chi connectivity index (χ4v) is 2.35. The molecule has 2 heterocycles. The Balaban J connectivity index is 1.76. The molecule has 20 heavy (non-hydrogen) atoms. The van der Waals surface area contributed by atoms with Crippen LogP contribution in [0.2, 0.25) is 0 Å². The van der Waals surface area contributed by atoms with Crippen molar-refractivity contribution in [3.63, 3.8) is 0 Å². The van der Waals surface area contributed by atoms with Crippen molar-refractivity contribution in [3.05, 3.63) is 36.7 Å². The Kier molecular flexibility index (Phi) is 3.76. The summed E-state index contributed by atoms with van der Waals surface area (Å²) in [5.41, 5.74) is 1.06. The van der Waals surface area contributed by atoms with Gasteiger partial charge in [0.1, 0.15) is 0 Å². The minimum absolute atomic E-state index is 0.779. The van der Waals surface area contributed by atoms with E-state index in [-0.39, 0.29) is 0 Å². The molecule has 0 saturated heterocycles. The molecule has 104 valence electrons. The van der Waals surface area contributed by atoms with Crippen LogP contribution in [0.3, 0.4) is 0 Å². The molecule has 0 aliphatic carbocycles. The quantitative estimate of drug-likeness (QED) is 0.646. The lowest BCUT2D eigenvalue weighted by molar-refractivity contribution is 0.527. The molecule has 3 rings (SSSR count). The largest absolute Gasteiger partial charge is 0.250 e. The average molecular weight is 269 g/mol. The second kappa shape index (κ2) is 5.86. The van der Waals surface area contributed by atoms with Gasteiger partial charge in [0.15, 0.2) is 5.82 Å². The molecule has 0 aliphatic heterocycles. The van der Waals surface area contributed by atoms with Gasteiger partial charge < -0.3 is 0 Å². The van der Waals surface area contributed by atoms with Crippen LogP contribution in [0.15, 0.2) is 36.7 Å². The Morgan fingerprint density at radius 2 is 2.00 bits per heavy atom. The lowest BCUT2D eigenvalue weighted by atomic mass is 10.2. The van der Waals surface area contributed by atoms with Gasteiger partial charge in [-0.15, -0.1) is 5.10 Å². The van der Waals surface area contributed by atoms with Gasteiger partial charge in [-0.2, -0.15) is 5.10 Å². The van der Waals surface area contributed by atoms with Crippen molar-refractivity contribution in [2.24, 2.45) is 0 Å². The summed E-state index contributed by atoms with van der Waals surface area (Å²) in [5.74, 6) is 0.779. The predicted octanol–water partition coefficient (Wildman–Crippen LogP) is 3.20. The molecule has 5 nitrogen and oxygen atoms in total. The molecule has 1 aromatic carbocycles. The Morgan fingerprint density at radius 3 is 2.90 bits per heavy atom. The average Bonchev–Trinajstić information content (AvgIpc) is 3.10. The molecular formula is C15H19N5. The maximum absolute atomic E-state index is 4.39. The van der Waals surface area contributed by atoms with Crippen LogP contribution in [-0.4, -0.2) is 24.8 Å². The van der Waals surface area contributed by atoms with Gasteiger partial charge in [-0.3, -0.25) is 4.68 Å². The smallest absolute Gasteiger partial charge is 0.196 e. The van der Waals surface area contributed by atoms with Gasteiger partial charge >= 0.3 is 0 Å². The Morgan fingerprint density at radius 1 is 1.10 bits per heavy atom. The van der Waals surface area contributed by atoms with Crippen LogP contribution in [-0.2, 0) is 6.54 Å². The summed E-state index contributed by atoms with van der Waals surface area (Å²) in [7, 11) is 0. The SMILES string of the molecule is CCCCCCn1cc(-n2ncc3ccccc32)nn1. The van der Waals surface area contributed by atoms with E-state index in [0.717, 1.165) is 29.7 Å². The van der Waals surface area contributed by atoms with E-state index in [2.05, 4.69) is 22.3 Å². The number of para-hydroxylation sites is 1. The minimum Gasteiger partial charge on any atom is -0.250 e. The molecule has 0 fully saturated rings. The van der Waals surface area contributed by atoms with Crippen molar-refractivity contribution < 1.29 is 0 Å². The number of aryl methyl sites for hydroxylation is 1. The van der Waals surface area contributed by atoms with Crippen molar-refractivity contribution in [2.45, 2.75) is 39.2 Å². The number of nitrogens with zero attached hydrogens (tertiary/aromatic N) is 5. The fraction of sp³-hybridized carbons (Fsp3) is 0.400. The molecule has 0 amide bonds. The highest BCUT2D eigenvalue weighted by Crippen LogP contribution is 2.16. The van der Waals surface area contributed by atoms with E-state index >= 15 is 0 Å². The Hall–Kier alpha value is -2.17. The topological polar surface area (TPSA) is 48.5 Å². The monoisotopic (exact) mass is 269 g/mol. The molecule has 0 bridgehead atoms. The van der Waals surface area contributed by atoms with Crippen molar-refractivity contribution in [3.8, 4) is 5.82 Å². The summed E-state index contributed by atoms with van der Waals surface area (Å²) >= 11 is 0. The third-order valence-corrected chi connectivity index (χ3v) is 3.46. The van der Waals surface area contributed by atoms with Crippen LogP contribution < -0.4 is 0 Å². The highest BCUT2D eigenvalue weighted by molar-refractivity contribution is 5.79. The molecule has 0 N–H and O–H groups in total. The van der Waals surface area contributed by atoms with E-state index in [4.69, 9.17) is 0 Å². The zero-order valence-electron chi connectivity index (χ0n) is 11.7. The number of fused-ring (bicyclic) bond motifs is 1. The molecule has 0 unspecified atom stereocenters. The molecule has 0 saturated carbocycles. The van der Waals surface area contributed by atoms with E-state index in [0.29, 0.717) is 0 Å². The standard InChI is InChI=1S/C15H19N5/c1-2-3-4-7-10-19-12-15(17-18-19)20-14-9-6-5-8-13(14)11-16-20/h5-6,8-9,11-12H,2-4,7,10H2,1H3. The molecule has 0 aliphatic rings. The summed E-state index contributed by atoms with van der Waals surface area (Å²) < 4.78 is 3.74. The summed E-state index contributed by atoms with van der Waals surface area (Å²) in [6, 6.07) is 8.12. The molecule has 3 aromatic rings. The van der Waals surface area contributed by atoms with Crippen molar-refractivity contribution in [1.29, 1.82) is 0 Å². The molecular weight excluding hydrogens is 250 g/mol. The van der Waals surface area contributed by atoms with E-state index in [1.165, 1.54) is 19.3 Å². The van der Waals surface area contributed by atoms with Gasteiger partial charge in [-0.1, -0.05) is 49.6 Å². The zero-order valence-corrected chi connectivity index (χ0v) is 11.7. The molecule has 0 atom stereocenters. The first-order valence-electron chi connectivity index (χ1n) is 7.22. The maximum Gasteiger partial charge on any atom is 0.196 e. The first-order valence-corrected chi connectivity index (χ1v) is 7.22. The second-order valence-corrected chi connectivity index (χ2v) is 5.02. The third-order valence-electron chi connectivity index (χ3n) is 3.46. The van der Waals surface area contributed by atoms with Gasteiger partial charge in [-0.25, -0.2) is 4.68 Å². The summed E-state index contributed by atoms with van der Waals surface area (Å²) in [4.78, 5) is 0. The molecule has 5 heteroatoms. The number of aromatic nitrogens is 5. The van der Waals surface area contributed by atoms with Crippen molar-refractivity contribution in [2.75, 3.05) is 0 Å². The van der Waals surface area contributed by atoms with Crippen LogP contribution in [0, 0.1) is 0 Å². The van der Waals surface area contributed by atoms with Crippen LogP contribution >= 0.6 is 0 Å². The maximum atomic E-state index is 4.39. The van der Waals surface area contributed by atoms with Crippen LogP contribution in [0.1, 0.15) is 32.6 Å². The summed E-state index contributed by atoms with van der Waals surface area (Å²) in [6.45, 7) is 3.14. The predicted molar refractivity (Wildman–Crippen MR) is 78.8 cm³/mol. The highest BCUT2D eigenvalue weighted by Gasteiger charge is 2.07. The lowest BCUT2D eigenvalue weighted by Crippen LogP contribution is -1.98. The number of unbranched alkanes of at least 4 members (excludes halogenated alkanes) is 3. The van der Waals surface area contributed by atoms with Gasteiger partial charge in [0.25, 0.3) is 0 Å². The lowest BCUT2D eigenvalue weighted by Gasteiger charge is -1.99. The minimum atomic E-state index is 0.779. The van der Waals surface area contributed by atoms with Crippen LogP contribution in [0.25, 0.3) is 16.7 Å². The summed E-state index contributed by atoms with van der Waals surface area (Å²) in [6.07, 6.45) is 8.75. The van der Waals surface area contributed by atoms with E-state index in [9.17, 15) is 0 Å². The van der Waals surface area contributed by atoms with Crippen molar-refractivity contribution >= 4 is 10.9 Å². The molecule has 0 radical (unpaired) electrons. The normalized spacial score (nSPS) is 11.2. The molecule has 0 spiro atoms. The van der Waals surface area contributed by atoms with Crippen LogP contribution in [0.4, 0.5) is 0 Å². The van der Waals surface area contributed by atoms with Gasteiger partial charge in [0, 0.05) is 11.9 Å². The van der Waals surface area contributed by atoms with E-state index in [1.54, 1.807) is 0 Å². The highest BCUT2D eigenvalue weighted by atomic mass is 15.5. The van der Waals surface area contributed by atoms with E-state index in [1.807, 2.05) is 46.0 Å². The number of hydrogen-bond donors (Lipinski definition) is 0. The van der Waals surface area contributed by atoms with Crippen molar-refractivity contribution in [1.82, 2.24) is 24.8 Å². The van der Waals surface area contributed by atoms with Gasteiger partial charge in [0.2, 0.25) is 0 Å². The van der Waals surface area contributed by atoms with Crippen LogP contribution in [0.5, 0.6) is 0 Å². The number of rotatable bonds is 6. The molecule has 2 aromatic heterocycles.